The molecule has 0 bridgehead atoms. The third-order valence-corrected chi connectivity index (χ3v) is 2.53. The lowest BCUT2D eigenvalue weighted by Gasteiger charge is -2.16. The summed E-state index contributed by atoms with van der Waals surface area (Å²) in [6, 6.07) is 7.12. The first-order valence-corrected chi connectivity index (χ1v) is 5.44. The van der Waals surface area contributed by atoms with E-state index < -0.39 is 17.7 Å². The van der Waals surface area contributed by atoms with Gasteiger partial charge in [-0.25, -0.2) is 8.78 Å². The molecule has 0 aliphatic rings. The summed E-state index contributed by atoms with van der Waals surface area (Å²) in [6.45, 7) is 2.52. The van der Waals surface area contributed by atoms with E-state index in [1.807, 2.05) is 6.92 Å². The molecule has 0 aliphatic carbocycles. The zero-order valence-corrected chi connectivity index (χ0v) is 9.41. The predicted octanol–water partition coefficient (Wildman–Crippen LogP) is 3.26. The lowest BCUT2D eigenvalue weighted by Crippen LogP contribution is -2.22. The summed E-state index contributed by atoms with van der Waals surface area (Å²) in [6.07, 6.45) is 1.51. The van der Waals surface area contributed by atoms with Gasteiger partial charge >= 0.3 is 0 Å². The second kappa shape index (κ2) is 5.10. The Hall–Kier alpha value is -1.68. The molecule has 17 heavy (non-hydrogen) atoms. The van der Waals surface area contributed by atoms with E-state index >= 15 is 0 Å². The van der Waals surface area contributed by atoms with Crippen LogP contribution in [0.4, 0.5) is 8.78 Å². The molecule has 0 saturated carbocycles. The van der Waals surface area contributed by atoms with E-state index in [2.05, 4.69) is 5.32 Å². The second-order valence-corrected chi connectivity index (χ2v) is 3.65. The molecule has 2 nitrogen and oxygen atoms in total. The molecule has 4 heteroatoms. The van der Waals surface area contributed by atoms with Gasteiger partial charge in [0.2, 0.25) is 0 Å². The zero-order valence-electron chi connectivity index (χ0n) is 9.41. The Labute approximate surface area is 98.3 Å². The van der Waals surface area contributed by atoms with Crippen molar-refractivity contribution < 1.29 is 13.2 Å². The minimum Gasteiger partial charge on any atom is -0.467 e. The van der Waals surface area contributed by atoms with Gasteiger partial charge in [0.25, 0.3) is 0 Å². The molecule has 0 radical (unpaired) electrons. The van der Waals surface area contributed by atoms with Crippen LogP contribution in [-0.2, 0) is 0 Å². The number of furan rings is 1. The van der Waals surface area contributed by atoms with Crippen LogP contribution in [0.25, 0.3) is 0 Å². The van der Waals surface area contributed by atoms with Crippen LogP contribution < -0.4 is 5.32 Å². The first kappa shape index (κ1) is 11.8. The van der Waals surface area contributed by atoms with Crippen LogP contribution in [0.2, 0.25) is 0 Å². The van der Waals surface area contributed by atoms with Gasteiger partial charge in [0.05, 0.1) is 12.3 Å². The van der Waals surface area contributed by atoms with Gasteiger partial charge in [-0.2, -0.15) is 0 Å². The fraction of sp³-hybridized carbons (Fsp3) is 0.231. The third kappa shape index (κ3) is 2.36. The van der Waals surface area contributed by atoms with Crippen molar-refractivity contribution >= 4 is 0 Å². The van der Waals surface area contributed by atoms with E-state index in [4.69, 9.17) is 4.42 Å². The Kier molecular flexibility index (Phi) is 3.54. The predicted molar refractivity (Wildman–Crippen MR) is 60.6 cm³/mol. The zero-order chi connectivity index (χ0) is 12.3. The van der Waals surface area contributed by atoms with Crippen LogP contribution >= 0.6 is 0 Å². The lowest BCUT2D eigenvalue weighted by molar-refractivity contribution is 0.430. The van der Waals surface area contributed by atoms with Crippen molar-refractivity contribution in [3.05, 3.63) is 59.6 Å². The molecular weight excluding hydrogens is 224 g/mol. The summed E-state index contributed by atoms with van der Waals surface area (Å²) in [4.78, 5) is 0. The molecule has 0 spiro atoms. The van der Waals surface area contributed by atoms with Crippen molar-refractivity contribution in [2.75, 3.05) is 6.54 Å². The Morgan fingerprint density at radius 3 is 2.71 bits per heavy atom. The fourth-order valence-electron chi connectivity index (χ4n) is 1.77. The first-order valence-electron chi connectivity index (χ1n) is 5.44. The molecule has 0 aliphatic heterocycles. The number of nitrogens with one attached hydrogen (secondary N) is 1. The molecule has 0 amide bonds. The van der Waals surface area contributed by atoms with Crippen LogP contribution in [0.15, 0.2) is 41.0 Å². The van der Waals surface area contributed by atoms with Crippen molar-refractivity contribution in [1.82, 2.24) is 5.32 Å². The second-order valence-electron chi connectivity index (χ2n) is 3.65. The van der Waals surface area contributed by atoms with Gasteiger partial charge in [0.15, 0.2) is 11.6 Å². The summed E-state index contributed by atoms with van der Waals surface area (Å²) in [5.74, 6) is -1.12. The SMILES string of the molecule is CCNC(c1ccco1)c1cccc(F)c1F. The average Bonchev–Trinajstić information content (AvgIpc) is 2.84. The molecule has 1 atom stereocenters. The molecule has 1 aromatic heterocycles. The molecule has 0 saturated heterocycles. The van der Waals surface area contributed by atoms with Gasteiger partial charge in [-0.1, -0.05) is 19.1 Å². The number of hydrogen-bond acceptors (Lipinski definition) is 2. The van der Waals surface area contributed by atoms with Crippen LogP contribution in [0.3, 0.4) is 0 Å². The van der Waals surface area contributed by atoms with Gasteiger partial charge in [-0.3, -0.25) is 0 Å². The standard InChI is InChI=1S/C13H13F2NO/c1-2-16-13(11-7-4-8-17-11)9-5-3-6-10(14)12(9)15/h3-8,13,16H,2H2,1H3. The highest BCUT2D eigenvalue weighted by Crippen LogP contribution is 2.25. The number of halogens is 2. The minimum atomic E-state index is -0.850. The fourth-order valence-corrected chi connectivity index (χ4v) is 1.77. The molecule has 2 rings (SSSR count). The van der Waals surface area contributed by atoms with Gasteiger partial charge in [0, 0.05) is 5.56 Å². The van der Waals surface area contributed by atoms with Crippen LogP contribution in [0.1, 0.15) is 24.3 Å². The Morgan fingerprint density at radius 1 is 1.24 bits per heavy atom. The maximum atomic E-state index is 13.7. The Balaban J connectivity index is 2.43. The average molecular weight is 237 g/mol. The molecule has 0 fully saturated rings. The van der Waals surface area contributed by atoms with Crippen LogP contribution in [0.5, 0.6) is 0 Å². The molecule has 1 aromatic carbocycles. The maximum absolute atomic E-state index is 13.7. The van der Waals surface area contributed by atoms with Crippen molar-refractivity contribution in [3.63, 3.8) is 0 Å². The highest BCUT2D eigenvalue weighted by molar-refractivity contribution is 5.28. The summed E-state index contributed by atoms with van der Waals surface area (Å²) in [5.41, 5.74) is 0.252. The largest absolute Gasteiger partial charge is 0.467 e. The van der Waals surface area contributed by atoms with Crippen molar-refractivity contribution in [1.29, 1.82) is 0 Å². The van der Waals surface area contributed by atoms with E-state index in [-0.39, 0.29) is 5.56 Å². The van der Waals surface area contributed by atoms with Crippen LogP contribution in [-0.4, -0.2) is 6.54 Å². The Bertz CT molecular complexity index is 482. The number of hydrogen-bond donors (Lipinski definition) is 1. The quantitative estimate of drug-likeness (QED) is 0.883. The minimum absolute atomic E-state index is 0.252. The van der Waals surface area contributed by atoms with Crippen molar-refractivity contribution in [3.8, 4) is 0 Å². The van der Waals surface area contributed by atoms with Gasteiger partial charge in [-0.05, 0) is 24.7 Å². The summed E-state index contributed by atoms with van der Waals surface area (Å²) in [7, 11) is 0. The summed E-state index contributed by atoms with van der Waals surface area (Å²) >= 11 is 0. The number of benzene rings is 1. The topological polar surface area (TPSA) is 25.2 Å². The van der Waals surface area contributed by atoms with Crippen molar-refractivity contribution in [2.45, 2.75) is 13.0 Å². The van der Waals surface area contributed by atoms with Gasteiger partial charge in [-0.15, -0.1) is 0 Å². The lowest BCUT2D eigenvalue weighted by atomic mass is 10.0. The Morgan fingerprint density at radius 2 is 2.06 bits per heavy atom. The van der Waals surface area contributed by atoms with Crippen molar-refractivity contribution in [2.24, 2.45) is 0 Å². The smallest absolute Gasteiger partial charge is 0.164 e. The van der Waals surface area contributed by atoms with E-state index in [0.29, 0.717) is 12.3 Å². The maximum Gasteiger partial charge on any atom is 0.164 e. The highest BCUT2D eigenvalue weighted by atomic mass is 19.2. The van der Waals surface area contributed by atoms with E-state index in [9.17, 15) is 8.78 Å². The van der Waals surface area contributed by atoms with Gasteiger partial charge < -0.3 is 9.73 Å². The molecule has 1 unspecified atom stereocenters. The normalized spacial score (nSPS) is 12.6. The molecule has 90 valence electrons. The van der Waals surface area contributed by atoms with Gasteiger partial charge in [0.1, 0.15) is 5.76 Å². The monoisotopic (exact) mass is 237 g/mol. The van der Waals surface area contributed by atoms with E-state index in [1.54, 1.807) is 18.2 Å². The molecule has 1 heterocycles. The van der Waals surface area contributed by atoms with E-state index in [0.717, 1.165) is 6.07 Å². The molecule has 1 N–H and O–H groups in total. The third-order valence-electron chi connectivity index (χ3n) is 2.53. The van der Waals surface area contributed by atoms with E-state index in [1.165, 1.54) is 12.3 Å². The number of rotatable bonds is 4. The molecular formula is C13H13F2NO. The first-order chi connectivity index (χ1) is 8.24. The summed E-state index contributed by atoms with van der Waals surface area (Å²) < 4.78 is 32.1. The van der Waals surface area contributed by atoms with Crippen LogP contribution in [0, 0.1) is 11.6 Å². The summed E-state index contributed by atoms with van der Waals surface area (Å²) in [5, 5.41) is 3.07. The highest BCUT2D eigenvalue weighted by Gasteiger charge is 2.21. The molecule has 2 aromatic rings.